The van der Waals surface area contributed by atoms with Gasteiger partial charge in [-0.25, -0.2) is 4.39 Å². The van der Waals surface area contributed by atoms with Crippen LogP contribution in [0, 0.1) is 11.7 Å². The van der Waals surface area contributed by atoms with Crippen molar-refractivity contribution in [2.45, 2.75) is 58.8 Å². The van der Waals surface area contributed by atoms with Gasteiger partial charge in [-0.1, -0.05) is 32.9 Å². The van der Waals surface area contributed by atoms with Crippen molar-refractivity contribution in [3.05, 3.63) is 35.1 Å². The summed E-state index contributed by atoms with van der Waals surface area (Å²) in [6.45, 7) is 7.10. The Morgan fingerprint density at radius 1 is 1.21 bits per heavy atom. The van der Waals surface area contributed by atoms with Crippen LogP contribution in [0.3, 0.4) is 0 Å². The minimum Gasteiger partial charge on any atom is -0.342 e. The molecule has 1 aromatic carbocycles. The number of carbonyl (C=O) groups excluding carboxylic acids is 2. The van der Waals surface area contributed by atoms with Gasteiger partial charge < -0.3 is 4.90 Å². The minimum absolute atomic E-state index is 0.000978. The quantitative estimate of drug-likeness (QED) is 0.758. The topological polar surface area (TPSA) is 37.4 Å². The van der Waals surface area contributed by atoms with Crippen molar-refractivity contribution in [1.82, 2.24) is 4.90 Å². The molecule has 3 rings (SSSR count). The van der Waals surface area contributed by atoms with E-state index in [4.69, 9.17) is 0 Å². The molecule has 0 aromatic heterocycles. The zero-order chi connectivity index (χ0) is 17.7. The van der Waals surface area contributed by atoms with E-state index in [2.05, 4.69) is 0 Å². The number of carbonyl (C=O) groups is 2. The first-order valence-electron chi connectivity index (χ1n) is 9.22. The summed E-state index contributed by atoms with van der Waals surface area (Å²) in [7, 11) is 0. The number of amides is 1. The fourth-order valence-corrected chi connectivity index (χ4v) is 3.29. The van der Waals surface area contributed by atoms with Crippen molar-refractivity contribution in [2.75, 3.05) is 13.1 Å². The van der Waals surface area contributed by atoms with Crippen molar-refractivity contribution in [2.24, 2.45) is 5.92 Å². The Hall–Kier alpha value is -1.71. The number of hydrogen-bond donors (Lipinski definition) is 0. The molecule has 1 aromatic rings. The van der Waals surface area contributed by atoms with Gasteiger partial charge in [0.25, 0.3) is 0 Å². The summed E-state index contributed by atoms with van der Waals surface area (Å²) in [5.74, 6) is -0.121. The first kappa shape index (κ1) is 18.6. The highest BCUT2D eigenvalue weighted by atomic mass is 19.1. The highest BCUT2D eigenvalue weighted by Gasteiger charge is 2.36. The monoisotopic (exact) mass is 333 g/mol. The molecule has 2 aliphatic rings. The van der Waals surface area contributed by atoms with E-state index >= 15 is 0 Å². The average molecular weight is 333 g/mol. The standard InChI is InChI=1S/C18H22FNO2.C2H6/c1-2-16(21)15-7-3-6-14(17(15)19)13-5-4-10-20(11-13)18(22)12-8-9-12;1-2/h3,6-7,12-13H,2,4-5,8-11H2,1H3;1-2H3. The first-order valence-corrected chi connectivity index (χ1v) is 9.22. The molecule has 1 heterocycles. The van der Waals surface area contributed by atoms with Gasteiger partial charge >= 0.3 is 0 Å². The minimum atomic E-state index is -0.389. The fraction of sp³-hybridized carbons (Fsp3) is 0.600. The third kappa shape index (κ3) is 4.03. The molecule has 0 radical (unpaired) electrons. The number of Topliss-reactive ketones (excluding diaryl/α,β-unsaturated/α-hetero) is 1. The lowest BCUT2D eigenvalue weighted by atomic mass is 9.88. The Bertz CT molecular complexity index is 595. The summed E-state index contributed by atoms with van der Waals surface area (Å²) in [5.41, 5.74) is 0.776. The Morgan fingerprint density at radius 3 is 2.54 bits per heavy atom. The summed E-state index contributed by atoms with van der Waals surface area (Å²) in [5, 5.41) is 0. The maximum atomic E-state index is 14.7. The molecular formula is C20H28FNO2. The Balaban J connectivity index is 0.00000100. The summed E-state index contributed by atoms with van der Waals surface area (Å²) in [4.78, 5) is 25.9. The van der Waals surface area contributed by atoms with Crippen LogP contribution < -0.4 is 0 Å². The molecular weight excluding hydrogens is 305 g/mol. The van der Waals surface area contributed by atoms with Gasteiger partial charge in [-0.3, -0.25) is 9.59 Å². The van der Waals surface area contributed by atoms with E-state index in [-0.39, 0.29) is 34.9 Å². The van der Waals surface area contributed by atoms with Crippen LogP contribution >= 0.6 is 0 Å². The van der Waals surface area contributed by atoms with E-state index in [1.165, 1.54) is 0 Å². The molecule has 24 heavy (non-hydrogen) atoms. The van der Waals surface area contributed by atoms with Crippen LogP contribution in [0.15, 0.2) is 18.2 Å². The van der Waals surface area contributed by atoms with Gasteiger partial charge in [0.05, 0.1) is 5.56 Å². The van der Waals surface area contributed by atoms with E-state index in [1.807, 2.05) is 18.7 Å². The molecule has 1 aliphatic carbocycles. The third-order valence-corrected chi connectivity index (χ3v) is 4.75. The van der Waals surface area contributed by atoms with Gasteiger partial charge in [-0.15, -0.1) is 0 Å². The van der Waals surface area contributed by atoms with E-state index in [1.54, 1.807) is 25.1 Å². The van der Waals surface area contributed by atoms with E-state index in [0.29, 0.717) is 18.5 Å². The van der Waals surface area contributed by atoms with Gasteiger partial charge in [-0.2, -0.15) is 0 Å². The molecule has 2 fully saturated rings. The van der Waals surface area contributed by atoms with E-state index in [0.717, 1.165) is 32.2 Å². The Kier molecular flexibility index (Phi) is 6.52. The van der Waals surface area contributed by atoms with Crippen molar-refractivity contribution in [3.63, 3.8) is 0 Å². The normalized spacial score (nSPS) is 20.2. The molecule has 1 atom stereocenters. The van der Waals surface area contributed by atoms with Crippen LogP contribution in [0.2, 0.25) is 0 Å². The summed E-state index contributed by atoms with van der Waals surface area (Å²) >= 11 is 0. The smallest absolute Gasteiger partial charge is 0.225 e. The van der Waals surface area contributed by atoms with Gasteiger partial charge in [0, 0.05) is 31.3 Å². The maximum absolute atomic E-state index is 14.7. The van der Waals surface area contributed by atoms with E-state index < -0.39 is 0 Å². The SMILES string of the molecule is CC.CCC(=O)c1cccc(C2CCCN(C(=O)C3CC3)C2)c1F. The highest BCUT2D eigenvalue weighted by molar-refractivity contribution is 5.96. The van der Waals surface area contributed by atoms with E-state index in [9.17, 15) is 14.0 Å². The molecule has 3 nitrogen and oxygen atoms in total. The highest BCUT2D eigenvalue weighted by Crippen LogP contribution is 2.35. The predicted molar refractivity (Wildman–Crippen MR) is 93.6 cm³/mol. The molecule has 1 aliphatic heterocycles. The molecule has 0 spiro atoms. The molecule has 4 heteroatoms. The fourth-order valence-electron chi connectivity index (χ4n) is 3.29. The van der Waals surface area contributed by atoms with Gasteiger partial charge in [0.1, 0.15) is 5.82 Å². The zero-order valence-corrected chi connectivity index (χ0v) is 15.0. The number of piperidine rings is 1. The van der Waals surface area contributed by atoms with Crippen LogP contribution in [0.25, 0.3) is 0 Å². The number of nitrogens with zero attached hydrogens (tertiary/aromatic N) is 1. The summed E-state index contributed by atoms with van der Waals surface area (Å²) < 4.78 is 14.7. The predicted octanol–water partition coefficient (Wildman–Crippen LogP) is 4.56. The zero-order valence-electron chi connectivity index (χ0n) is 15.0. The summed E-state index contributed by atoms with van der Waals surface area (Å²) in [6.07, 6.45) is 4.06. The first-order chi connectivity index (χ1) is 11.6. The second-order valence-corrected chi connectivity index (χ2v) is 6.38. The van der Waals surface area contributed by atoms with Crippen molar-refractivity contribution >= 4 is 11.7 Å². The molecule has 1 saturated heterocycles. The lowest BCUT2D eigenvalue weighted by Crippen LogP contribution is -2.40. The van der Waals surface area contributed by atoms with Gasteiger partial charge in [0.15, 0.2) is 5.78 Å². The third-order valence-electron chi connectivity index (χ3n) is 4.75. The number of benzene rings is 1. The number of rotatable bonds is 4. The molecule has 1 unspecified atom stereocenters. The largest absolute Gasteiger partial charge is 0.342 e. The molecule has 1 saturated carbocycles. The lowest BCUT2D eigenvalue weighted by molar-refractivity contribution is -0.133. The Labute approximate surface area is 144 Å². The number of halogens is 1. The van der Waals surface area contributed by atoms with Crippen molar-refractivity contribution < 1.29 is 14.0 Å². The maximum Gasteiger partial charge on any atom is 0.225 e. The second-order valence-electron chi connectivity index (χ2n) is 6.38. The number of ketones is 1. The van der Waals surface area contributed by atoms with Crippen LogP contribution in [-0.4, -0.2) is 29.7 Å². The summed E-state index contributed by atoms with van der Waals surface area (Å²) in [6, 6.07) is 5.07. The van der Waals surface area contributed by atoms with Crippen LogP contribution in [-0.2, 0) is 4.79 Å². The number of likely N-dealkylation sites (tertiary alicyclic amines) is 1. The van der Waals surface area contributed by atoms with Crippen LogP contribution in [0.5, 0.6) is 0 Å². The molecule has 0 bridgehead atoms. The number of hydrogen-bond acceptors (Lipinski definition) is 2. The van der Waals surface area contributed by atoms with Gasteiger partial charge in [0.2, 0.25) is 5.91 Å². The van der Waals surface area contributed by atoms with Crippen LogP contribution in [0.4, 0.5) is 4.39 Å². The van der Waals surface area contributed by atoms with Crippen LogP contribution in [0.1, 0.15) is 74.7 Å². The Morgan fingerprint density at radius 2 is 1.92 bits per heavy atom. The van der Waals surface area contributed by atoms with Gasteiger partial charge in [-0.05, 0) is 37.3 Å². The second kappa shape index (κ2) is 8.41. The molecule has 1 amide bonds. The van der Waals surface area contributed by atoms with Crippen molar-refractivity contribution in [1.29, 1.82) is 0 Å². The molecule has 0 N–H and O–H groups in total. The lowest BCUT2D eigenvalue weighted by Gasteiger charge is -2.33. The molecule has 132 valence electrons. The average Bonchev–Trinajstić information content (AvgIpc) is 3.47. The van der Waals surface area contributed by atoms with Crippen molar-refractivity contribution in [3.8, 4) is 0 Å².